The molecule has 0 aliphatic rings. The van der Waals surface area contributed by atoms with Crippen LogP contribution >= 0.6 is 0 Å². The zero-order chi connectivity index (χ0) is 24.9. The van der Waals surface area contributed by atoms with E-state index in [1.54, 1.807) is 20.8 Å². The van der Waals surface area contributed by atoms with E-state index in [1.807, 2.05) is 42.5 Å². The van der Waals surface area contributed by atoms with E-state index in [-0.39, 0.29) is 37.7 Å². The minimum Gasteiger partial charge on any atom is -0.481 e. The minimum atomic E-state index is -0.833. The molecule has 0 saturated heterocycles. The molecule has 0 aliphatic carbocycles. The van der Waals surface area contributed by atoms with Crippen LogP contribution in [0.5, 0.6) is 0 Å². The highest BCUT2D eigenvalue weighted by Crippen LogP contribution is 2.18. The van der Waals surface area contributed by atoms with Gasteiger partial charge in [-0.2, -0.15) is 0 Å². The zero-order valence-electron chi connectivity index (χ0n) is 19.6. The first-order valence-corrected chi connectivity index (χ1v) is 10.6. The van der Waals surface area contributed by atoms with Gasteiger partial charge in [0, 0.05) is 39.4 Å². The largest absolute Gasteiger partial charge is 0.481 e. The van der Waals surface area contributed by atoms with Crippen LogP contribution in [-0.4, -0.2) is 47.7 Å². The van der Waals surface area contributed by atoms with Crippen LogP contribution < -0.4 is 16.0 Å². The summed E-state index contributed by atoms with van der Waals surface area (Å²) in [6.07, 6.45) is -0.245. The van der Waals surface area contributed by atoms with Gasteiger partial charge in [-0.1, -0.05) is 42.5 Å². The minimum absolute atomic E-state index is 0.122. The lowest BCUT2D eigenvalue weighted by Crippen LogP contribution is -2.36. The van der Waals surface area contributed by atoms with Crippen LogP contribution in [-0.2, 0) is 25.7 Å². The standard InChI is InChI=1S/C22H29N3O4.C2H4O2/c1-22(2,3)29-21(28)24-14-12-19(26)23-13-11-20(27)25-15-17-9-6-8-16-7-4-5-10-18(16)17;1-2(3)4/h4-10H,11-15H2,1-3H3,(H,23,26)(H,24,28)(H,25,27);1H3,(H,3,4). The number of carbonyl (C=O) groups is 4. The summed E-state index contributed by atoms with van der Waals surface area (Å²) >= 11 is 0. The molecule has 180 valence electrons. The highest BCUT2D eigenvalue weighted by molar-refractivity contribution is 5.86. The third kappa shape index (κ3) is 12.7. The van der Waals surface area contributed by atoms with E-state index in [9.17, 15) is 14.4 Å². The van der Waals surface area contributed by atoms with Crippen LogP contribution in [0.4, 0.5) is 4.79 Å². The second-order valence-electron chi connectivity index (χ2n) is 8.21. The lowest BCUT2D eigenvalue weighted by molar-refractivity contribution is -0.134. The second kappa shape index (κ2) is 13.7. The predicted molar refractivity (Wildman–Crippen MR) is 126 cm³/mol. The van der Waals surface area contributed by atoms with Crippen molar-refractivity contribution in [3.63, 3.8) is 0 Å². The van der Waals surface area contributed by atoms with Gasteiger partial charge in [-0.25, -0.2) is 4.79 Å². The maximum absolute atomic E-state index is 12.0. The number of rotatable bonds is 8. The zero-order valence-corrected chi connectivity index (χ0v) is 19.6. The Labute approximate surface area is 193 Å². The van der Waals surface area contributed by atoms with Crippen LogP contribution in [0.15, 0.2) is 42.5 Å². The Kier molecular flexibility index (Phi) is 11.4. The molecule has 0 aromatic heterocycles. The van der Waals surface area contributed by atoms with Gasteiger partial charge >= 0.3 is 6.09 Å². The third-order valence-electron chi connectivity index (χ3n) is 4.05. The highest BCUT2D eigenvalue weighted by Gasteiger charge is 2.15. The van der Waals surface area contributed by atoms with Crippen molar-refractivity contribution in [2.45, 2.75) is 52.7 Å². The first-order chi connectivity index (χ1) is 15.5. The molecule has 0 fully saturated rings. The lowest BCUT2D eigenvalue weighted by Gasteiger charge is -2.19. The number of carboxylic acids is 1. The van der Waals surface area contributed by atoms with E-state index in [2.05, 4.69) is 16.0 Å². The fourth-order valence-electron chi connectivity index (χ4n) is 2.72. The smallest absolute Gasteiger partial charge is 0.407 e. The Morgan fingerprint density at radius 2 is 1.39 bits per heavy atom. The summed E-state index contributed by atoms with van der Waals surface area (Å²) in [6.45, 7) is 7.24. The Hall–Kier alpha value is -3.62. The van der Waals surface area contributed by atoms with Crippen molar-refractivity contribution in [2.24, 2.45) is 0 Å². The van der Waals surface area contributed by atoms with E-state index in [4.69, 9.17) is 14.6 Å². The maximum Gasteiger partial charge on any atom is 0.407 e. The van der Waals surface area contributed by atoms with Crippen molar-refractivity contribution in [2.75, 3.05) is 13.1 Å². The van der Waals surface area contributed by atoms with Gasteiger partial charge in [0.15, 0.2) is 0 Å². The molecule has 0 aliphatic heterocycles. The molecule has 0 atom stereocenters. The summed E-state index contributed by atoms with van der Waals surface area (Å²) < 4.78 is 5.09. The normalized spacial score (nSPS) is 10.4. The Morgan fingerprint density at radius 3 is 2.03 bits per heavy atom. The molecule has 0 unspecified atom stereocenters. The summed E-state index contributed by atoms with van der Waals surface area (Å²) in [5.41, 5.74) is 0.472. The first kappa shape index (κ1) is 27.4. The van der Waals surface area contributed by atoms with E-state index >= 15 is 0 Å². The molecule has 0 spiro atoms. The molecule has 2 aromatic rings. The highest BCUT2D eigenvalue weighted by atomic mass is 16.6. The van der Waals surface area contributed by atoms with Gasteiger partial charge in [-0.15, -0.1) is 0 Å². The summed E-state index contributed by atoms with van der Waals surface area (Å²) in [6, 6.07) is 14.0. The predicted octanol–water partition coefficient (Wildman–Crippen LogP) is 2.97. The number of hydrogen-bond acceptors (Lipinski definition) is 5. The molecular formula is C24H33N3O6. The van der Waals surface area contributed by atoms with Crippen LogP contribution in [0.2, 0.25) is 0 Å². The summed E-state index contributed by atoms with van der Waals surface area (Å²) in [4.78, 5) is 44.3. The number of benzene rings is 2. The molecule has 9 heteroatoms. The Balaban J connectivity index is 0.00000125. The van der Waals surface area contributed by atoms with Gasteiger partial charge in [-0.3, -0.25) is 14.4 Å². The second-order valence-corrected chi connectivity index (χ2v) is 8.21. The summed E-state index contributed by atoms with van der Waals surface area (Å²) in [7, 11) is 0. The van der Waals surface area contributed by atoms with Gasteiger partial charge in [0.1, 0.15) is 5.60 Å². The number of amides is 3. The van der Waals surface area contributed by atoms with Gasteiger partial charge in [0.25, 0.3) is 5.97 Å². The SMILES string of the molecule is CC(=O)O.CC(C)(C)OC(=O)NCCC(=O)NCCC(=O)NCc1cccc2ccccc12. The first-order valence-electron chi connectivity index (χ1n) is 10.6. The fraction of sp³-hybridized carbons (Fsp3) is 0.417. The maximum atomic E-state index is 12.0. The molecule has 4 N–H and O–H groups in total. The molecule has 3 amide bonds. The molecule has 0 radical (unpaired) electrons. The molecule has 0 bridgehead atoms. The summed E-state index contributed by atoms with van der Waals surface area (Å²) in [5, 5.41) is 17.7. The van der Waals surface area contributed by atoms with Crippen molar-refractivity contribution in [1.29, 1.82) is 0 Å². The van der Waals surface area contributed by atoms with E-state index in [0.29, 0.717) is 6.54 Å². The van der Waals surface area contributed by atoms with Crippen molar-refractivity contribution in [3.05, 3.63) is 48.0 Å². The van der Waals surface area contributed by atoms with E-state index < -0.39 is 17.7 Å². The van der Waals surface area contributed by atoms with E-state index in [1.165, 1.54) is 0 Å². The average Bonchev–Trinajstić information content (AvgIpc) is 2.70. The number of carboxylic acid groups (broad SMARTS) is 1. The number of alkyl carbamates (subject to hydrolysis) is 1. The van der Waals surface area contributed by atoms with Crippen molar-refractivity contribution in [1.82, 2.24) is 16.0 Å². The monoisotopic (exact) mass is 459 g/mol. The Bertz CT molecular complexity index is 943. The third-order valence-corrected chi connectivity index (χ3v) is 4.05. The fourth-order valence-corrected chi connectivity index (χ4v) is 2.72. The molecule has 9 nitrogen and oxygen atoms in total. The average molecular weight is 460 g/mol. The molecule has 0 saturated carbocycles. The molecule has 33 heavy (non-hydrogen) atoms. The molecule has 0 heterocycles. The van der Waals surface area contributed by atoms with Gasteiger partial charge < -0.3 is 25.8 Å². The van der Waals surface area contributed by atoms with Crippen molar-refractivity contribution in [3.8, 4) is 0 Å². The van der Waals surface area contributed by atoms with Crippen LogP contribution in [0, 0.1) is 0 Å². The molecule has 2 aromatic carbocycles. The van der Waals surface area contributed by atoms with Crippen molar-refractivity contribution >= 4 is 34.6 Å². The van der Waals surface area contributed by atoms with Crippen molar-refractivity contribution < 1.29 is 29.0 Å². The van der Waals surface area contributed by atoms with E-state index in [0.717, 1.165) is 23.3 Å². The summed E-state index contributed by atoms with van der Waals surface area (Å²) in [5.74, 6) is -1.20. The van der Waals surface area contributed by atoms with Crippen LogP contribution in [0.25, 0.3) is 10.8 Å². The Morgan fingerprint density at radius 1 is 0.848 bits per heavy atom. The number of nitrogens with one attached hydrogen (secondary N) is 3. The lowest BCUT2D eigenvalue weighted by atomic mass is 10.0. The number of hydrogen-bond donors (Lipinski definition) is 4. The van der Waals surface area contributed by atoms with Gasteiger partial charge in [0.05, 0.1) is 0 Å². The van der Waals surface area contributed by atoms with Crippen LogP contribution in [0.3, 0.4) is 0 Å². The number of carbonyl (C=O) groups excluding carboxylic acids is 3. The molecule has 2 rings (SSSR count). The topological polar surface area (TPSA) is 134 Å². The quantitative estimate of drug-likeness (QED) is 0.480. The number of ether oxygens (including phenoxy) is 1. The van der Waals surface area contributed by atoms with Gasteiger partial charge in [-0.05, 0) is 37.1 Å². The number of aliphatic carboxylic acids is 1. The molecular weight excluding hydrogens is 426 g/mol. The van der Waals surface area contributed by atoms with Crippen LogP contribution in [0.1, 0.15) is 46.1 Å². The number of fused-ring (bicyclic) bond motifs is 1. The van der Waals surface area contributed by atoms with Gasteiger partial charge in [0.2, 0.25) is 11.8 Å².